The van der Waals surface area contributed by atoms with Crippen LogP contribution in [0.5, 0.6) is 5.75 Å². The van der Waals surface area contributed by atoms with Gasteiger partial charge in [0.15, 0.2) is 17.4 Å². The molecule has 1 N–H and O–H groups in total. The van der Waals surface area contributed by atoms with E-state index in [0.29, 0.717) is 16.6 Å². The Labute approximate surface area is 121 Å². The van der Waals surface area contributed by atoms with Crippen molar-refractivity contribution in [3.05, 3.63) is 40.4 Å². The lowest BCUT2D eigenvalue weighted by Crippen LogP contribution is -2.35. The molecule has 0 saturated heterocycles. The molecule has 0 spiro atoms. The van der Waals surface area contributed by atoms with Crippen molar-refractivity contribution in [2.75, 3.05) is 6.61 Å². The summed E-state index contributed by atoms with van der Waals surface area (Å²) < 4.78 is 33.0. The van der Waals surface area contributed by atoms with Gasteiger partial charge in [0.2, 0.25) is 0 Å². The monoisotopic (exact) mass is 333 g/mol. The lowest BCUT2D eigenvalue weighted by Gasteiger charge is -2.20. The minimum Gasteiger partial charge on any atom is -0.482 e. The normalized spacial score (nSPS) is 11.5. The predicted molar refractivity (Wildman–Crippen MR) is 76.5 cm³/mol. The molecule has 106 valence electrons. The Hall–Kier alpha value is -0.940. The van der Waals surface area contributed by atoms with E-state index in [1.165, 1.54) is 12.1 Å². The molecule has 0 radical (unpaired) electrons. The van der Waals surface area contributed by atoms with E-state index in [-0.39, 0.29) is 17.9 Å². The maximum Gasteiger partial charge on any atom is 0.191 e. The lowest BCUT2D eigenvalue weighted by atomic mass is 10.1. The van der Waals surface area contributed by atoms with E-state index >= 15 is 0 Å². The summed E-state index contributed by atoms with van der Waals surface area (Å²) in [5.74, 6) is -1.79. The highest BCUT2D eigenvalue weighted by molar-refractivity contribution is 9.11. The SMILES string of the molecule is C=C(Br)COc1c(F)cc(CNC(C)(C)C)cc1F. The molecule has 0 amide bonds. The minimum absolute atomic E-state index is 0.0213. The molecule has 0 aliphatic rings. The fourth-order valence-electron chi connectivity index (χ4n) is 1.37. The second-order valence-electron chi connectivity index (χ2n) is 5.30. The molecule has 0 fully saturated rings. The maximum atomic E-state index is 13.7. The van der Waals surface area contributed by atoms with Crippen LogP contribution in [0.4, 0.5) is 8.78 Å². The second kappa shape index (κ2) is 6.48. The van der Waals surface area contributed by atoms with Crippen molar-refractivity contribution < 1.29 is 13.5 Å². The van der Waals surface area contributed by atoms with E-state index in [0.717, 1.165) is 0 Å². The zero-order valence-corrected chi connectivity index (χ0v) is 12.9. The van der Waals surface area contributed by atoms with Gasteiger partial charge in [-0.05, 0) is 38.5 Å². The second-order valence-corrected chi connectivity index (χ2v) is 6.42. The van der Waals surface area contributed by atoms with Crippen LogP contribution >= 0.6 is 15.9 Å². The van der Waals surface area contributed by atoms with E-state index in [1.807, 2.05) is 20.8 Å². The summed E-state index contributed by atoms with van der Waals surface area (Å²) in [7, 11) is 0. The first-order valence-corrected chi connectivity index (χ1v) is 6.67. The first kappa shape index (κ1) is 16.1. The molecule has 0 saturated carbocycles. The molecule has 1 aromatic rings. The summed E-state index contributed by atoms with van der Waals surface area (Å²) in [6, 6.07) is 2.54. The summed E-state index contributed by atoms with van der Waals surface area (Å²) in [6.45, 7) is 9.91. The number of nitrogens with one attached hydrogen (secondary N) is 1. The third kappa shape index (κ3) is 5.70. The number of hydrogen-bond acceptors (Lipinski definition) is 2. The number of halogens is 3. The van der Waals surface area contributed by atoms with Crippen LogP contribution in [0, 0.1) is 11.6 Å². The van der Waals surface area contributed by atoms with Crippen molar-refractivity contribution in [2.24, 2.45) is 0 Å². The van der Waals surface area contributed by atoms with Crippen LogP contribution in [-0.2, 0) is 6.54 Å². The molecule has 0 heterocycles. The van der Waals surface area contributed by atoms with Gasteiger partial charge in [-0.2, -0.15) is 0 Å². The molecule has 1 rings (SSSR count). The van der Waals surface area contributed by atoms with Gasteiger partial charge in [-0.3, -0.25) is 0 Å². The molecule has 5 heteroatoms. The van der Waals surface area contributed by atoms with Crippen molar-refractivity contribution in [1.82, 2.24) is 5.32 Å². The fourth-order valence-corrected chi connectivity index (χ4v) is 1.48. The third-order valence-electron chi connectivity index (χ3n) is 2.25. The summed E-state index contributed by atoms with van der Waals surface area (Å²) in [4.78, 5) is 0. The molecule has 0 aromatic heterocycles. The van der Waals surface area contributed by atoms with Crippen LogP contribution in [0.25, 0.3) is 0 Å². The topological polar surface area (TPSA) is 21.3 Å². The van der Waals surface area contributed by atoms with E-state index in [9.17, 15) is 8.78 Å². The molecule has 0 aliphatic carbocycles. The summed E-state index contributed by atoms with van der Waals surface area (Å²) in [5.41, 5.74) is 0.422. The average molecular weight is 334 g/mol. The van der Waals surface area contributed by atoms with Crippen LogP contribution in [0.2, 0.25) is 0 Å². The van der Waals surface area contributed by atoms with E-state index in [1.54, 1.807) is 0 Å². The number of rotatable bonds is 5. The smallest absolute Gasteiger partial charge is 0.191 e. The Morgan fingerprint density at radius 2 is 1.84 bits per heavy atom. The van der Waals surface area contributed by atoms with Crippen LogP contribution in [0.1, 0.15) is 26.3 Å². The molecule has 2 nitrogen and oxygen atoms in total. The van der Waals surface area contributed by atoms with Gasteiger partial charge in [-0.25, -0.2) is 8.78 Å². The fraction of sp³-hybridized carbons (Fsp3) is 0.429. The van der Waals surface area contributed by atoms with Gasteiger partial charge >= 0.3 is 0 Å². The molecule has 0 aliphatic heterocycles. The van der Waals surface area contributed by atoms with Gasteiger partial charge in [-0.1, -0.05) is 22.5 Å². The highest BCUT2D eigenvalue weighted by Crippen LogP contribution is 2.24. The van der Waals surface area contributed by atoms with Crippen molar-refractivity contribution >= 4 is 15.9 Å². The molecule has 0 atom stereocenters. The predicted octanol–water partition coefficient (Wildman–Crippen LogP) is 4.14. The van der Waals surface area contributed by atoms with E-state index in [2.05, 4.69) is 27.8 Å². The highest BCUT2D eigenvalue weighted by atomic mass is 79.9. The van der Waals surface area contributed by atoms with Gasteiger partial charge in [0.25, 0.3) is 0 Å². The summed E-state index contributed by atoms with van der Waals surface area (Å²) >= 11 is 3.07. The average Bonchev–Trinajstić information content (AvgIpc) is 2.23. The minimum atomic E-state index is -0.709. The van der Waals surface area contributed by atoms with Crippen molar-refractivity contribution in [1.29, 1.82) is 0 Å². The Morgan fingerprint density at radius 1 is 1.32 bits per heavy atom. The van der Waals surface area contributed by atoms with Crippen LogP contribution in [0.3, 0.4) is 0 Å². The van der Waals surface area contributed by atoms with Crippen molar-refractivity contribution in [3.8, 4) is 5.75 Å². The van der Waals surface area contributed by atoms with Crippen LogP contribution in [-0.4, -0.2) is 12.1 Å². The standard InChI is InChI=1S/C14H18BrF2NO/c1-9(15)8-19-13-11(16)5-10(6-12(13)17)7-18-14(2,3)4/h5-6,18H,1,7-8H2,2-4H3. The Morgan fingerprint density at radius 3 is 2.26 bits per heavy atom. The first-order valence-electron chi connectivity index (χ1n) is 5.88. The van der Waals surface area contributed by atoms with Crippen LogP contribution < -0.4 is 10.1 Å². The molecular formula is C14H18BrF2NO. The third-order valence-corrected chi connectivity index (χ3v) is 2.48. The molecule has 0 unspecified atom stereocenters. The number of ether oxygens (including phenoxy) is 1. The lowest BCUT2D eigenvalue weighted by molar-refractivity contribution is 0.318. The van der Waals surface area contributed by atoms with Crippen molar-refractivity contribution in [2.45, 2.75) is 32.9 Å². The first-order chi connectivity index (χ1) is 8.69. The zero-order chi connectivity index (χ0) is 14.6. The zero-order valence-electron chi connectivity index (χ0n) is 11.3. The van der Waals surface area contributed by atoms with Gasteiger partial charge in [0.05, 0.1) is 0 Å². The molecule has 19 heavy (non-hydrogen) atoms. The highest BCUT2D eigenvalue weighted by Gasteiger charge is 2.14. The van der Waals surface area contributed by atoms with Gasteiger partial charge in [-0.15, -0.1) is 0 Å². The van der Waals surface area contributed by atoms with Gasteiger partial charge in [0, 0.05) is 16.6 Å². The summed E-state index contributed by atoms with van der Waals surface area (Å²) in [5, 5.41) is 3.17. The summed E-state index contributed by atoms with van der Waals surface area (Å²) in [6.07, 6.45) is 0. The quantitative estimate of drug-likeness (QED) is 0.874. The van der Waals surface area contributed by atoms with E-state index < -0.39 is 11.6 Å². The van der Waals surface area contributed by atoms with Crippen molar-refractivity contribution in [3.63, 3.8) is 0 Å². The Kier molecular flexibility index (Phi) is 5.50. The maximum absolute atomic E-state index is 13.7. The number of benzene rings is 1. The largest absolute Gasteiger partial charge is 0.482 e. The van der Waals surface area contributed by atoms with Gasteiger partial charge < -0.3 is 10.1 Å². The Bertz CT molecular complexity index is 446. The number of hydrogen-bond donors (Lipinski definition) is 1. The van der Waals surface area contributed by atoms with Crippen LogP contribution in [0.15, 0.2) is 23.2 Å². The molecule has 0 bridgehead atoms. The Balaban J connectivity index is 2.81. The molecular weight excluding hydrogens is 316 g/mol. The van der Waals surface area contributed by atoms with E-state index in [4.69, 9.17) is 4.74 Å². The van der Waals surface area contributed by atoms with Gasteiger partial charge in [0.1, 0.15) is 6.61 Å². The molecule has 1 aromatic carbocycles.